The molecule has 1 aromatic carbocycles. The normalized spacial score (nSPS) is 31.7. The molecule has 0 fully saturated rings. The van der Waals surface area contributed by atoms with E-state index in [1.54, 1.807) is 6.08 Å². The van der Waals surface area contributed by atoms with Crippen molar-refractivity contribution in [2.45, 2.75) is 18.6 Å². The maximum atomic E-state index is 9.28. The Morgan fingerprint density at radius 1 is 1.36 bits per heavy atom. The number of hydrogen-bond acceptors (Lipinski definition) is 2. The standard InChI is InChI=1S/C12H14O2/c1-12(8-7-11(13)9-14-12)10-5-3-2-4-6-10/h2-8,11,13H,9H2,1H3/t11-,12+/m1/s1. The van der Waals surface area contributed by atoms with Crippen molar-refractivity contribution in [2.75, 3.05) is 6.61 Å². The van der Waals surface area contributed by atoms with Crippen LogP contribution in [0.5, 0.6) is 0 Å². The lowest BCUT2D eigenvalue weighted by Crippen LogP contribution is -2.32. The Balaban J connectivity index is 2.30. The summed E-state index contributed by atoms with van der Waals surface area (Å²) in [6.45, 7) is 2.37. The highest BCUT2D eigenvalue weighted by molar-refractivity contribution is 5.28. The van der Waals surface area contributed by atoms with E-state index in [1.807, 2.05) is 43.3 Å². The number of ether oxygens (including phenoxy) is 1. The first-order chi connectivity index (χ1) is 6.71. The molecule has 0 amide bonds. The van der Waals surface area contributed by atoms with Gasteiger partial charge in [-0.25, -0.2) is 0 Å². The van der Waals surface area contributed by atoms with Crippen LogP contribution < -0.4 is 0 Å². The van der Waals surface area contributed by atoms with Gasteiger partial charge in [0.1, 0.15) is 5.60 Å². The second kappa shape index (κ2) is 3.56. The van der Waals surface area contributed by atoms with Crippen LogP contribution in [0.25, 0.3) is 0 Å². The fraction of sp³-hybridized carbons (Fsp3) is 0.333. The van der Waals surface area contributed by atoms with Crippen molar-refractivity contribution in [1.82, 2.24) is 0 Å². The number of benzene rings is 1. The third-order valence-corrected chi connectivity index (χ3v) is 2.54. The molecule has 0 aromatic heterocycles. The Morgan fingerprint density at radius 3 is 2.64 bits per heavy atom. The molecule has 0 bridgehead atoms. The molecule has 0 unspecified atom stereocenters. The number of hydrogen-bond donors (Lipinski definition) is 1. The lowest BCUT2D eigenvalue weighted by Gasteiger charge is -2.31. The highest BCUT2D eigenvalue weighted by atomic mass is 16.5. The zero-order chi connectivity index (χ0) is 10.0. The number of aliphatic hydroxyl groups excluding tert-OH is 1. The molecule has 1 aliphatic rings. The largest absolute Gasteiger partial charge is 0.387 e. The molecule has 2 nitrogen and oxygen atoms in total. The van der Waals surface area contributed by atoms with Crippen molar-refractivity contribution in [3.63, 3.8) is 0 Å². The molecule has 2 atom stereocenters. The monoisotopic (exact) mass is 190 g/mol. The molecule has 2 heteroatoms. The lowest BCUT2D eigenvalue weighted by atomic mass is 9.93. The van der Waals surface area contributed by atoms with Gasteiger partial charge in [-0.3, -0.25) is 0 Å². The van der Waals surface area contributed by atoms with Crippen molar-refractivity contribution in [3.8, 4) is 0 Å². The van der Waals surface area contributed by atoms with Crippen LogP contribution >= 0.6 is 0 Å². The van der Waals surface area contributed by atoms with E-state index in [1.165, 1.54) is 0 Å². The van der Waals surface area contributed by atoms with E-state index in [2.05, 4.69) is 0 Å². The predicted octanol–water partition coefficient (Wildman–Crippen LogP) is 1.85. The molecule has 1 heterocycles. The summed E-state index contributed by atoms with van der Waals surface area (Å²) in [5.74, 6) is 0. The van der Waals surface area contributed by atoms with Gasteiger partial charge in [-0.05, 0) is 12.5 Å². The van der Waals surface area contributed by atoms with Gasteiger partial charge in [0, 0.05) is 0 Å². The first-order valence-corrected chi connectivity index (χ1v) is 4.78. The summed E-state index contributed by atoms with van der Waals surface area (Å²) < 4.78 is 5.63. The molecule has 74 valence electrons. The average molecular weight is 190 g/mol. The van der Waals surface area contributed by atoms with Crippen LogP contribution in [0.2, 0.25) is 0 Å². The minimum atomic E-state index is -0.466. The SMILES string of the molecule is C[C@@]1(c2ccccc2)C=C[C@@H](O)CO1. The van der Waals surface area contributed by atoms with Crippen LogP contribution in [0.3, 0.4) is 0 Å². The predicted molar refractivity (Wildman–Crippen MR) is 54.9 cm³/mol. The van der Waals surface area contributed by atoms with Gasteiger partial charge in [0.05, 0.1) is 12.7 Å². The summed E-state index contributed by atoms with van der Waals surface area (Å²) >= 11 is 0. The molecule has 0 saturated carbocycles. The summed E-state index contributed by atoms with van der Waals surface area (Å²) in [6.07, 6.45) is 3.24. The quantitative estimate of drug-likeness (QED) is 0.685. The second-order valence-corrected chi connectivity index (χ2v) is 3.71. The molecular formula is C12H14O2. The first kappa shape index (κ1) is 9.44. The highest BCUT2D eigenvalue weighted by Gasteiger charge is 2.28. The summed E-state index contributed by atoms with van der Waals surface area (Å²) in [5, 5.41) is 9.28. The smallest absolute Gasteiger partial charge is 0.109 e. The molecule has 0 radical (unpaired) electrons. The topological polar surface area (TPSA) is 29.5 Å². The van der Waals surface area contributed by atoms with Gasteiger partial charge in [-0.2, -0.15) is 0 Å². The van der Waals surface area contributed by atoms with E-state index in [0.29, 0.717) is 6.61 Å². The van der Waals surface area contributed by atoms with Crippen molar-refractivity contribution in [2.24, 2.45) is 0 Å². The van der Waals surface area contributed by atoms with Crippen molar-refractivity contribution in [3.05, 3.63) is 48.0 Å². The maximum absolute atomic E-state index is 9.28. The second-order valence-electron chi connectivity index (χ2n) is 3.71. The van der Waals surface area contributed by atoms with Gasteiger partial charge in [0.2, 0.25) is 0 Å². The van der Waals surface area contributed by atoms with E-state index in [-0.39, 0.29) is 5.60 Å². The first-order valence-electron chi connectivity index (χ1n) is 4.78. The Labute approximate surface area is 83.8 Å². The van der Waals surface area contributed by atoms with Crippen molar-refractivity contribution in [1.29, 1.82) is 0 Å². The molecule has 0 saturated heterocycles. The Morgan fingerprint density at radius 2 is 2.07 bits per heavy atom. The lowest BCUT2D eigenvalue weighted by molar-refractivity contribution is -0.0464. The summed E-state index contributed by atoms with van der Waals surface area (Å²) in [4.78, 5) is 0. The van der Waals surface area contributed by atoms with E-state index >= 15 is 0 Å². The van der Waals surface area contributed by atoms with E-state index in [4.69, 9.17) is 4.74 Å². The van der Waals surface area contributed by atoms with Crippen molar-refractivity contribution >= 4 is 0 Å². The molecule has 14 heavy (non-hydrogen) atoms. The minimum Gasteiger partial charge on any atom is -0.387 e. The highest BCUT2D eigenvalue weighted by Crippen LogP contribution is 2.29. The van der Waals surface area contributed by atoms with E-state index in [9.17, 15) is 5.11 Å². The molecule has 1 aliphatic heterocycles. The van der Waals surface area contributed by atoms with Crippen LogP contribution in [-0.2, 0) is 10.3 Å². The van der Waals surface area contributed by atoms with Crippen LogP contribution in [0.1, 0.15) is 12.5 Å². The Kier molecular flexibility index (Phi) is 2.40. The van der Waals surface area contributed by atoms with Gasteiger partial charge >= 0.3 is 0 Å². The summed E-state index contributed by atoms with van der Waals surface area (Å²) in [5.41, 5.74) is 0.726. The van der Waals surface area contributed by atoms with Gasteiger partial charge < -0.3 is 9.84 Å². The molecule has 0 spiro atoms. The van der Waals surface area contributed by atoms with Gasteiger partial charge in [0.15, 0.2) is 0 Å². The fourth-order valence-corrected chi connectivity index (χ4v) is 1.61. The minimum absolute atomic E-state index is 0.363. The zero-order valence-corrected chi connectivity index (χ0v) is 8.18. The number of aliphatic hydroxyl groups is 1. The van der Waals surface area contributed by atoms with Gasteiger partial charge in [0.25, 0.3) is 0 Å². The third-order valence-electron chi connectivity index (χ3n) is 2.54. The van der Waals surface area contributed by atoms with Crippen LogP contribution in [0.15, 0.2) is 42.5 Å². The molecule has 0 aliphatic carbocycles. The van der Waals surface area contributed by atoms with E-state index in [0.717, 1.165) is 5.56 Å². The molecule has 2 rings (SSSR count). The number of rotatable bonds is 1. The zero-order valence-electron chi connectivity index (χ0n) is 8.18. The maximum Gasteiger partial charge on any atom is 0.109 e. The van der Waals surface area contributed by atoms with Crippen LogP contribution in [0.4, 0.5) is 0 Å². The molecular weight excluding hydrogens is 176 g/mol. The Bertz CT molecular complexity index is 331. The van der Waals surface area contributed by atoms with E-state index < -0.39 is 6.10 Å². The summed E-state index contributed by atoms with van der Waals surface area (Å²) in [6, 6.07) is 10.0. The van der Waals surface area contributed by atoms with Gasteiger partial charge in [-0.1, -0.05) is 42.5 Å². The third kappa shape index (κ3) is 1.72. The Hall–Kier alpha value is -1.12. The van der Waals surface area contributed by atoms with Crippen LogP contribution in [0, 0.1) is 0 Å². The fourth-order valence-electron chi connectivity index (χ4n) is 1.61. The molecule has 1 aromatic rings. The van der Waals surface area contributed by atoms with Gasteiger partial charge in [-0.15, -0.1) is 0 Å². The average Bonchev–Trinajstić information content (AvgIpc) is 2.24. The molecule has 1 N–H and O–H groups in total. The van der Waals surface area contributed by atoms with Crippen molar-refractivity contribution < 1.29 is 9.84 Å². The summed E-state index contributed by atoms with van der Waals surface area (Å²) in [7, 11) is 0. The van der Waals surface area contributed by atoms with Crippen LogP contribution in [-0.4, -0.2) is 17.8 Å².